The van der Waals surface area contributed by atoms with E-state index in [1.165, 1.54) is 0 Å². The van der Waals surface area contributed by atoms with Crippen molar-refractivity contribution < 1.29 is 9.53 Å². The first-order valence-corrected chi connectivity index (χ1v) is 12.1. The van der Waals surface area contributed by atoms with Crippen molar-refractivity contribution in [1.82, 2.24) is 15.3 Å². The molecule has 0 radical (unpaired) electrons. The Morgan fingerprint density at radius 1 is 1.09 bits per heavy atom. The minimum absolute atomic E-state index is 0.0141. The molecule has 180 valence electrons. The van der Waals surface area contributed by atoms with E-state index in [1.807, 2.05) is 0 Å². The summed E-state index contributed by atoms with van der Waals surface area (Å²) in [6, 6.07) is 14.2. The van der Waals surface area contributed by atoms with Crippen molar-refractivity contribution in [2.45, 2.75) is 58.0 Å². The number of Topliss-reactive ketones (excluding diaryl/α,β-unsaturated/α-hetero) is 1. The number of halogens is 1. The Kier molecular flexibility index (Phi) is 6.93. The van der Waals surface area contributed by atoms with Gasteiger partial charge in [0.25, 0.3) is 0 Å². The third-order valence-electron chi connectivity index (χ3n) is 6.17. The van der Waals surface area contributed by atoms with Crippen LogP contribution >= 0.6 is 11.6 Å². The number of carbonyl (C=O) groups is 1. The van der Waals surface area contributed by atoms with Crippen molar-refractivity contribution in [3.63, 3.8) is 0 Å². The number of hydrogen-bond acceptors (Lipinski definition) is 6. The van der Waals surface area contributed by atoms with E-state index in [-0.39, 0.29) is 16.9 Å². The first-order valence-electron chi connectivity index (χ1n) is 11.7. The molecule has 4 rings (SSSR count). The van der Waals surface area contributed by atoms with Crippen LogP contribution in [0.15, 0.2) is 54.9 Å². The molecule has 0 amide bonds. The summed E-state index contributed by atoms with van der Waals surface area (Å²) in [6.07, 6.45) is 5.60. The van der Waals surface area contributed by atoms with Crippen LogP contribution in [0.1, 0.15) is 62.9 Å². The molecule has 1 aliphatic rings. The van der Waals surface area contributed by atoms with Crippen molar-refractivity contribution in [2.24, 2.45) is 5.92 Å². The lowest BCUT2D eigenvalue weighted by molar-refractivity contribution is 0.0864. The summed E-state index contributed by atoms with van der Waals surface area (Å²) in [4.78, 5) is 21.6. The molecular weight excluding hydrogens is 460 g/mol. The molecule has 2 aromatic carbocycles. The van der Waals surface area contributed by atoms with E-state index >= 15 is 0 Å². The van der Waals surface area contributed by atoms with Crippen LogP contribution in [0.5, 0.6) is 11.5 Å². The summed E-state index contributed by atoms with van der Waals surface area (Å²) in [7, 11) is 0. The summed E-state index contributed by atoms with van der Waals surface area (Å²) >= 11 is 6.51. The largest absolute Gasteiger partial charge is 0.454 e. The lowest BCUT2D eigenvalue weighted by Gasteiger charge is -2.46. The van der Waals surface area contributed by atoms with E-state index in [1.54, 1.807) is 54.9 Å². The predicted molar refractivity (Wildman–Crippen MR) is 137 cm³/mol. The van der Waals surface area contributed by atoms with Crippen molar-refractivity contribution in [1.29, 1.82) is 5.26 Å². The zero-order valence-electron chi connectivity index (χ0n) is 20.4. The fraction of sp³-hybridized carbons (Fsp3) is 0.357. The molecule has 6 nitrogen and oxygen atoms in total. The lowest BCUT2D eigenvalue weighted by atomic mass is 9.74. The highest BCUT2D eigenvalue weighted by Crippen LogP contribution is 2.37. The lowest BCUT2D eigenvalue weighted by Crippen LogP contribution is -2.57. The first-order chi connectivity index (χ1) is 16.6. The zero-order chi connectivity index (χ0) is 25.2. The van der Waals surface area contributed by atoms with E-state index in [4.69, 9.17) is 16.3 Å². The number of hydrogen-bond donors (Lipinski definition) is 1. The highest BCUT2D eigenvalue weighted by Gasteiger charge is 2.38. The molecule has 2 heterocycles. The van der Waals surface area contributed by atoms with Gasteiger partial charge < -0.3 is 10.1 Å². The van der Waals surface area contributed by atoms with Gasteiger partial charge in [0.05, 0.1) is 5.02 Å². The zero-order valence-corrected chi connectivity index (χ0v) is 21.2. The van der Waals surface area contributed by atoms with Gasteiger partial charge in [0.1, 0.15) is 23.1 Å². The third-order valence-corrected chi connectivity index (χ3v) is 6.46. The number of benzene rings is 2. The number of piperidine rings is 1. The molecule has 35 heavy (non-hydrogen) atoms. The van der Waals surface area contributed by atoms with Crippen LogP contribution in [0.4, 0.5) is 0 Å². The molecule has 0 bridgehead atoms. The Morgan fingerprint density at radius 3 is 2.40 bits per heavy atom. The maximum Gasteiger partial charge on any atom is 0.163 e. The fourth-order valence-electron chi connectivity index (χ4n) is 5.29. The molecular formula is C28H29ClN4O2. The van der Waals surface area contributed by atoms with Crippen LogP contribution in [0, 0.1) is 17.2 Å². The highest BCUT2D eigenvalue weighted by molar-refractivity contribution is 6.32. The van der Waals surface area contributed by atoms with Gasteiger partial charge in [-0.3, -0.25) is 4.79 Å². The SMILES string of the molecule is CC1(C)CC(CC(=O)c2ccc(Oc3cccc(-c4ncccn4)c3C#N)c(Cl)c2)CC(C)(C)N1. The molecule has 3 aromatic rings. The van der Waals surface area contributed by atoms with Crippen LogP contribution in [0.25, 0.3) is 11.4 Å². The number of carbonyl (C=O) groups excluding carboxylic acids is 1. The maximum absolute atomic E-state index is 13.1. The minimum atomic E-state index is -0.0141. The van der Waals surface area contributed by atoms with E-state index in [0.29, 0.717) is 51.4 Å². The molecule has 0 saturated carbocycles. The number of nitrogens with zero attached hydrogens (tertiary/aromatic N) is 3. The van der Waals surface area contributed by atoms with Gasteiger partial charge in [0.2, 0.25) is 0 Å². The molecule has 0 aliphatic carbocycles. The molecule has 1 N–H and O–H groups in total. The fourth-order valence-corrected chi connectivity index (χ4v) is 5.51. The second-order valence-electron chi connectivity index (χ2n) is 10.4. The Morgan fingerprint density at radius 2 is 1.77 bits per heavy atom. The molecule has 1 saturated heterocycles. The van der Waals surface area contributed by atoms with Crippen molar-refractivity contribution in [3.05, 3.63) is 71.0 Å². The molecule has 1 fully saturated rings. The van der Waals surface area contributed by atoms with Gasteiger partial charge in [-0.05, 0) is 82.9 Å². The summed E-state index contributed by atoms with van der Waals surface area (Å²) < 4.78 is 6.00. The number of nitrogens with one attached hydrogen (secondary N) is 1. The van der Waals surface area contributed by atoms with Crippen LogP contribution in [-0.2, 0) is 0 Å². The van der Waals surface area contributed by atoms with E-state index in [2.05, 4.69) is 49.0 Å². The molecule has 7 heteroatoms. The first kappa shape index (κ1) is 24.8. The smallest absolute Gasteiger partial charge is 0.163 e. The van der Waals surface area contributed by atoms with Crippen molar-refractivity contribution in [3.8, 4) is 29.0 Å². The molecule has 0 unspecified atom stereocenters. The highest BCUT2D eigenvalue weighted by atomic mass is 35.5. The normalized spacial score (nSPS) is 16.9. The van der Waals surface area contributed by atoms with Gasteiger partial charge in [0.15, 0.2) is 11.6 Å². The average molecular weight is 489 g/mol. The minimum Gasteiger partial charge on any atom is -0.454 e. The van der Waals surface area contributed by atoms with Gasteiger partial charge in [-0.15, -0.1) is 0 Å². The molecule has 0 spiro atoms. The van der Waals surface area contributed by atoms with Gasteiger partial charge in [-0.1, -0.05) is 17.7 Å². The number of ether oxygens (including phenoxy) is 1. The Bertz CT molecular complexity index is 1270. The van der Waals surface area contributed by atoms with Crippen LogP contribution in [-0.4, -0.2) is 26.8 Å². The number of aromatic nitrogens is 2. The third kappa shape index (κ3) is 5.87. The van der Waals surface area contributed by atoms with E-state index < -0.39 is 0 Å². The van der Waals surface area contributed by atoms with Gasteiger partial charge >= 0.3 is 0 Å². The predicted octanol–water partition coefficient (Wildman–Crippen LogP) is 6.59. The van der Waals surface area contributed by atoms with Gasteiger partial charge in [-0.25, -0.2) is 9.97 Å². The summed E-state index contributed by atoms with van der Waals surface area (Å²) in [5.74, 6) is 1.51. The standard InChI is InChI=1S/C28H29ClN4O2/c1-27(2)15-18(16-28(3,4)33-27)13-23(34)19-9-10-25(22(29)14-19)35-24-8-5-7-20(21(24)17-30)26-31-11-6-12-32-26/h5-12,14,18,33H,13,15-16H2,1-4H3. The van der Waals surface area contributed by atoms with Crippen molar-refractivity contribution >= 4 is 17.4 Å². The molecule has 1 aliphatic heterocycles. The Hall–Kier alpha value is -3.27. The van der Waals surface area contributed by atoms with Gasteiger partial charge in [0, 0.05) is 41.0 Å². The monoisotopic (exact) mass is 488 g/mol. The summed E-state index contributed by atoms with van der Waals surface area (Å²) in [6.45, 7) is 8.73. The topological polar surface area (TPSA) is 87.9 Å². The summed E-state index contributed by atoms with van der Waals surface area (Å²) in [5, 5.41) is 13.8. The van der Waals surface area contributed by atoms with E-state index in [9.17, 15) is 10.1 Å². The quantitative estimate of drug-likeness (QED) is 0.394. The van der Waals surface area contributed by atoms with Crippen LogP contribution in [0.2, 0.25) is 5.02 Å². The Labute approximate surface area is 211 Å². The molecule has 1 aromatic heterocycles. The number of nitriles is 1. The average Bonchev–Trinajstić information content (AvgIpc) is 2.78. The van der Waals surface area contributed by atoms with E-state index in [0.717, 1.165) is 12.8 Å². The second-order valence-corrected chi connectivity index (χ2v) is 10.8. The second kappa shape index (κ2) is 9.77. The number of rotatable bonds is 6. The summed E-state index contributed by atoms with van der Waals surface area (Å²) in [5.41, 5.74) is 1.41. The van der Waals surface area contributed by atoms with Crippen LogP contribution < -0.4 is 10.1 Å². The van der Waals surface area contributed by atoms with Crippen LogP contribution in [0.3, 0.4) is 0 Å². The molecule has 0 atom stereocenters. The Balaban J connectivity index is 1.53. The van der Waals surface area contributed by atoms with Gasteiger partial charge in [-0.2, -0.15) is 5.26 Å². The van der Waals surface area contributed by atoms with Crippen molar-refractivity contribution in [2.75, 3.05) is 0 Å². The maximum atomic E-state index is 13.1. The number of ketones is 1.